The summed E-state index contributed by atoms with van der Waals surface area (Å²) in [7, 11) is 0. The first kappa shape index (κ1) is 15.8. The molecule has 7 heteroatoms. The van der Waals surface area contributed by atoms with Crippen LogP contribution in [0.15, 0.2) is 5.38 Å². The second kappa shape index (κ2) is 7.40. The zero-order valence-electron chi connectivity index (χ0n) is 12.2. The molecule has 2 N–H and O–H groups in total. The van der Waals surface area contributed by atoms with Crippen molar-refractivity contribution in [1.82, 2.24) is 15.2 Å². The predicted octanol–water partition coefficient (Wildman–Crippen LogP) is 2.56. The van der Waals surface area contributed by atoms with Crippen LogP contribution in [0.1, 0.15) is 48.1 Å². The van der Waals surface area contributed by atoms with E-state index in [1.165, 1.54) is 29.6 Å². The molecule has 0 saturated carbocycles. The standard InChI is InChI=1S/C14H21N3O3S/c1-2-3-10-4-6-17(7-5-10)14(20)15-8-12-16-11(9-21-12)13(18)19/h9-10H,2-8H2,1H3,(H,15,20)(H,18,19). The molecule has 2 rings (SSSR count). The lowest BCUT2D eigenvalue weighted by atomic mass is 9.93. The van der Waals surface area contributed by atoms with Gasteiger partial charge in [0.15, 0.2) is 5.69 Å². The number of aromatic carboxylic acids is 1. The van der Waals surface area contributed by atoms with Gasteiger partial charge < -0.3 is 15.3 Å². The van der Waals surface area contributed by atoms with Gasteiger partial charge in [0.05, 0.1) is 6.54 Å². The Hall–Kier alpha value is -1.63. The van der Waals surface area contributed by atoms with E-state index >= 15 is 0 Å². The minimum absolute atomic E-state index is 0.0321. The van der Waals surface area contributed by atoms with Gasteiger partial charge >= 0.3 is 12.0 Å². The number of urea groups is 1. The molecule has 2 amide bonds. The van der Waals surface area contributed by atoms with Gasteiger partial charge in [-0.15, -0.1) is 11.3 Å². The zero-order chi connectivity index (χ0) is 15.2. The van der Waals surface area contributed by atoms with E-state index in [9.17, 15) is 9.59 Å². The highest BCUT2D eigenvalue weighted by atomic mass is 32.1. The lowest BCUT2D eigenvalue weighted by molar-refractivity contribution is 0.0691. The van der Waals surface area contributed by atoms with Gasteiger partial charge in [0, 0.05) is 18.5 Å². The SMILES string of the molecule is CCCC1CCN(C(=O)NCc2nc(C(=O)O)cs2)CC1. The van der Waals surface area contributed by atoms with Crippen molar-refractivity contribution in [3.8, 4) is 0 Å². The van der Waals surface area contributed by atoms with Crippen molar-refractivity contribution in [2.45, 2.75) is 39.2 Å². The Labute approximate surface area is 128 Å². The maximum absolute atomic E-state index is 12.1. The average Bonchev–Trinajstić information content (AvgIpc) is 2.95. The highest BCUT2D eigenvalue weighted by Gasteiger charge is 2.22. The molecule has 0 radical (unpaired) electrons. The van der Waals surface area contributed by atoms with E-state index < -0.39 is 5.97 Å². The van der Waals surface area contributed by atoms with Gasteiger partial charge in [-0.2, -0.15) is 0 Å². The lowest BCUT2D eigenvalue weighted by Crippen LogP contribution is -2.44. The van der Waals surface area contributed by atoms with Crippen LogP contribution in [0.2, 0.25) is 0 Å². The molecule has 21 heavy (non-hydrogen) atoms. The fourth-order valence-electron chi connectivity index (χ4n) is 2.59. The van der Waals surface area contributed by atoms with Crippen molar-refractivity contribution in [2.24, 2.45) is 5.92 Å². The van der Waals surface area contributed by atoms with Gasteiger partial charge in [0.1, 0.15) is 5.01 Å². The number of thiazole rings is 1. The maximum Gasteiger partial charge on any atom is 0.355 e. The Balaban J connectivity index is 1.75. The summed E-state index contributed by atoms with van der Waals surface area (Å²) in [5, 5.41) is 13.7. The molecule has 6 nitrogen and oxygen atoms in total. The molecule has 1 aromatic rings. The highest BCUT2D eigenvalue weighted by molar-refractivity contribution is 7.09. The number of nitrogens with zero attached hydrogens (tertiary/aromatic N) is 2. The number of piperidine rings is 1. The monoisotopic (exact) mass is 311 g/mol. The molecule has 0 aliphatic carbocycles. The molecule has 1 aliphatic rings. The summed E-state index contributed by atoms with van der Waals surface area (Å²) < 4.78 is 0. The third kappa shape index (κ3) is 4.42. The molecule has 116 valence electrons. The molecule has 2 heterocycles. The van der Waals surface area contributed by atoms with Crippen LogP contribution in [-0.4, -0.2) is 40.1 Å². The summed E-state index contributed by atoms with van der Waals surface area (Å²) in [6.45, 7) is 4.08. The molecule has 0 atom stereocenters. The van der Waals surface area contributed by atoms with Crippen molar-refractivity contribution >= 4 is 23.3 Å². The summed E-state index contributed by atoms with van der Waals surface area (Å²) in [4.78, 5) is 28.6. The normalized spacial score (nSPS) is 16.0. The fourth-order valence-corrected chi connectivity index (χ4v) is 3.29. The first-order chi connectivity index (χ1) is 10.1. The molecular formula is C14H21N3O3S. The molecule has 1 saturated heterocycles. The van der Waals surface area contributed by atoms with Crippen LogP contribution < -0.4 is 5.32 Å². The minimum Gasteiger partial charge on any atom is -0.476 e. The number of nitrogens with one attached hydrogen (secondary N) is 1. The summed E-state index contributed by atoms with van der Waals surface area (Å²) in [6.07, 6.45) is 4.59. The number of hydrogen-bond donors (Lipinski definition) is 2. The number of hydrogen-bond acceptors (Lipinski definition) is 4. The van der Waals surface area contributed by atoms with E-state index in [1.807, 2.05) is 4.90 Å². The van der Waals surface area contributed by atoms with E-state index in [0.29, 0.717) is 5.01 Å². The summed E-state index contributed by atoms with van der Waals surface area (Å²) >= 11 is 1.25. The second-order valence-electron chi connectivity index (χ2n) is 5.31. The molecular weight excluding hydrogens is 290 g/mol. The van der Waals surface area contributed by atoms with Crippen LogP contribution in [-0.2, 0) is 6.54 Å². The topological polar surface area (TPSA) is 82.5 Å². The van der Waals surface area contributed by atoms with E-state index in [-0.39, 0.29) is 18.3 Å². The van der Waals surface area contributed by atoms with Gasteiger partial charge in [-0.25, -0.2) is 14.6 Å². The number of likely N-dealkylation sites (tertiary alicyclic amines) is 1. The van der Waals surface area contributed by atoms with Crippen LogP contribution in [0.4, 0.5) is 4.79 Å². The van der Waals surface area contributed by atoms with Gasteiger partial charge in [-0.1, -0.05) is 19.8 Å². The number of amides is 2. The molecule has 1 fully saturated rings. The Bertz CT molecular complexity index is 495. The summed E-state index contributed by atoms with van der Waals surface area (Å²) in [6, 6.07) is -0.0861. The van der Waals surface area contributed by atoms with Gasteiger partial charge in [-0.3, -0.25) is 0 Å². The van der Waals surface area contributed by atoms with Crippen LogP contribution in [0.5, 0.6) is 0 Å². The first-order valence-corrected chi connectivity index (χ1v) is 8.18. The maximum atomic E-state index is 12.1. The number of aromatic nitrogens is 1. The van der Waals surface area contributed by atoms with Crippen molar-refractivity contribution in [2.75, 3.05) is 13.1 Å². The first-order valence-electron chi connectivity index (χ1n) is 7.30. The number of carbonyl (C=O) groups excluding carboxylic acids is 1. The van der Waals surface area contributed by atoms with Crippen molar-refractivity contribution < 1.29 is 14.7 Å². The fraction of sp³-hybridized carbons (Fsp3) is 0.643. The Morgan fingerprint density at radius 1 is 1.48 bits per heavy atom. The second-order valence-corrected chi connectivity index (χ2v) is 6.25. The Kier molecular flexibility index (Phi) is 5.55. The quantitative estimate of drug-likeness (QED) is 0.875. The Morgan fingerprint density at radius 2 is 2.19 bits per heavy atom. The molecule has 0 aromatic carbocycles. The Morgan fingerprint density at radius 3 is 2.76 bits per heavy atom. The van der Waals surface area contributed by atoms with Crippen LogP contribution >= 0.6 is 11.3 Å². The van der Waals surface area contributed by atoms with E-state index in [2.05, 4.69) is 17.2 Å². The average molecular weight is 311 g/mol. The molecule has 0 unspecified atom stereocenters. The van der Waals surface area contributed by atoms with E-state index in [1.54, 1.807) is 0 Å². The highest BCUT2D eigenvalue weighted by Crippen LogP contribution is 2.21. The van der Waals surface area contributed by atoms with E-state index in [0.717, 1.165) is 31.8 Å². The van der Waals surface area contributed by atoms with Gasteiger partial charge in [0.25, 0.3) is 0 Å². The summed E-state index contributed by atoms with van der Waals surface area (Å²) in [5.41, 5.74) is 0.0321. The van der Waals surface area contributed by atoms with Gasteiger partial charge in [0.2, 0.25) is 0 Å². The molecule has 1 aromatic heterocycles. The number of carbonyl (C=O) groups is 2. The van der Waals surface area contributed by atoms with Crippen molar-refractivity contribution in [3.05, 3.63) is 16.1 Å². The van der Waals surface area contributed by atoms with Crippen LogP contribution in [0.25, 0.3) is 0 Å². The number of carboxylic acids is 1. The van der Waals surface area contributed by atoms with Gasteiger partial charge in [-0.05, 0) is 18.8 Å². The lowest BCUT2D eigenvalue weighted by Gasteiger charge is -2.31. The van der Waals surface area contributed by atoms with E-state index in [4.69, 9.17) is 5.11 Å². The minimum atomic E-state index is -1.04. The largest absolute Gasteiger partial charge is 0.476 e. The summed E-state index contributed by atoms with van der Waals surface area (Å²) in [5.74, 6) is -0.294. The van der Waals surface area contributed by atoms with Crippen LogP contribution in [0.3, 0.4) is 0 Å². The molecule has 1 aliphatic heterocycles. The third-order valence-electron chi connectivity index (χ3n) is 3.76. The zero-order valence-corrected chi connectivity index (χ0v) is 13.0. The predicted molar refractivity (Wildman–Crippen MR) is 80.5 cm³/mol. The smallest absolute Gasteiger partial charge is 0.355 e. The van der Waals surface area contributed by atoms with Crippen molar-refractivity contribution in [1.29, 1.82) is 0 Å². The number of rotatable bonds is 5. The molecule has 0 spiro atoms. The number of carboxylic acid groups (broad SMARTS) is 1. The van der Waals surface area contributed by atoms with Crippen molar-refractivity contribution in [3.63, 3.8) is 0 Å². The van der Waals surface area contributed by atoms with Crippen LogP contribution in [0, 0.1) is 5.92 Å². The molecule has 0 bridgehead atoms. The third-order valence-corrected chi connectivity index (χ3v) is 4.61.